The van der Waals surface area contributed by atoms with Gasteiger partial charge < -0.3 is 9.80 Å². The highest BCUT2D eigenvalue weighted by molar-refractivity contribution is 5.97. The third-order valence-electron chi connectivity index (χ3n) is 5.74. The van der Waals surface area contributed by atoms with Crippen LogP contribution < -0.4 is 15.8 Å². The highest BCUT2D eigenvalue weighted by Gasteiger charge is 2.43. The molecular weight excluding hydrogens is 380 g/mol. The molecule has 0 radical (unpaired) electrons. The minimum absolute atomic E-state index is 0.00569. The summed E-state index contributed by atoms with van der Waals surface area (Å²) in [5.74, 6) is -0.642. The van der Waals surface area contributed by atoms with Crippen LogP contribution >= 0.6 is 0 Å². The number of carbonyl (C=O) groups is 3. The normalized spacial score (nSPS) is 15.2. The van der Waals surface area contributed by atoms with E-state index in [9.17, 15) is 14.4 Å². The van der Waals surface area contributed by atoms with Crippen molar-refractivity contribution in [2.45, 2.75) is 25.2 Å². The molecule has 158 valence electrons. The molecule has 2 N–H and O–H groups in total. The van der Waals surface area contributed by atoms with Crippen molar-refractivity contribution in [3.63, 3.8) is 0 Å². The summed E-state index contributed by atoms with van der Waals surface area (Å²) in [5, 5.41) is 0. The number of rotatable bonds is 4. The predicted molar refractivity (Wildman–Crippen MR) is 116 cm³/mol. The lowest BCUT2D eigenvalue weighted by Crippen LogP contribution is -2.56. The molecule has 0 bridgehead atoms. The molecule has 3 amide bonds. The molecule has 1 aliphatic heterocycles. The maximum atomic E-state index is 13.3. The zero-order valence-corrected chi connectivity index (χ0v) is 17.6. The van der Waals surface area contributed by atoms with Crippen LogP contribution in [0.1, 0.15) is 35.7 Å². The number of hydrogen-bond donors (Lipinski definition) is 2. The van der Waals surface area contributed by atoms with Gasteiger partial charge in [0.15, 0.2) is 0 Å². The van der Waals surface area contributed by atoms with Crippen LogP contribution in [0.4, 0.5) is 5.69 Å². The third-order valence-corrected chi connectivity index (χ3v) is 5.74. The summed E-state index contributed by atoms with van der Waals surface area (Å²) in [4.78, 5) is 41.2. The van der Waals surface area contributed by atoms with E-state index in [0.717, 1.165) is 11.3 Å². The van der Waals surface area contributed by atoms with Crippen molar-refractivity contribution in [3.8, 4) is 0 Å². The zero-order chi connectivity index (χ0) is 21.7. The van der Waals surface area contributed by atoms with Gasteiger partial charge in [0.1, 0.15) is 0 Å². The largest absolute Gasteiger partial charge is 0.378 e. The lowest BCUT2D eigenvalue weighted by Gasteiger charge is -2.40. The van der Waals surface area contributed by atoms with Gasteiger partial charge in [-0.15, -0.1) is 0 Å². The molecular formula is C23H28N4O3. The van der Waals surface area contributed by atoms with E-state index in [1.165, 1.54) is 6.92 Å². The average Bonchev–Trinajstić information content (AvgIpc) is 2.77. The monoisotopic (exact) mass is 408 g/mol. The van der Waals surface area contributed by atoms with E-state index in [0.29, 0.717) is 31.5 Å². The Kier molecular flexibility index (Phi) is 6.40. The molecule has 0 aromatic heterocycles. The predicted octanol–water partition coefficient (Wildman–Crippen LogP) is 2.09. The Morgan fingerprint density at radius 1 is 0.933 bits per heavy atom. The molecule has 2 aromatic carbocycles. The molecule has 7 nitrogen and oxygen atoms in total. The SMILES string of the molecule is CC(=O)N1CCC(C(=O)NNC(=O)c2cccc(N(C)C)c2)(c2ccccc2)CC1. The van der Waals surface area contributed by atoms with Gasteiger partial charge in [-0.1, -0.05) is 36.4 Å². The van der Waals surface area contributed by atoms with Crippen LogP contribution in [0.25, 0.3) is 0 Å². The van der Waals surface area contributed by atoms with Gasteiger partial charge >= 0.3 is 0 Å². The van der Waals surface area contributed by atoms with Crippen molar-refractivity contribution in [3.05, 3.63) is 65.7 Å². The fourth-order valence-electron chi connectivity index (χ4n) is 3.84. The van der Waals surface area contributed by atoms with Crippen molar-refractivity contribution < 1.29 is 14.4 Å². The lowest BCUT2D eigenvalue weighted by atomic mass is 9.72. The molecule has 1 saturated heterocycles. The molecule has 0 aliphatic carbocycles. The molecule has 1 aliphatic rings. The summed E-state index contributed by atoms with van der Waals surface area (Å²) in [7, 11) is 3.80. The second-order valence-corrected chi connectivity index (χ2v) is 7.81. The minimum Gasteiger partial charge on any atom is -0.378 e. The van der Waals surface area contributed by atoms with Gasteiger partial charge in [-0.3, -0.25) is 25.2 Å². The van der Waals surface area contributed by atoms with Crippen LogP contribution in [0.3, 0.4) is 0 Å². The van der Waals surface area contributed by atoms with Gasteiger partial charge in [-0.05, 0) is 36.6 Å². The number of benzene rings is 2. The Morgan fingerprint density at radius 3 is 2.20 bits per heavy atom. The van der Waals surface area contributed by atoms with Gasteiger partial charge in [0.2, 0.25) is 11.8 Å². The van der Waals surface area contributed by atoms with E-state index < -0.39 is 5.41 Å². The Labute approximate surface area is 177 Å². The smallest absolute Gasteiger partial charge is 0.269 e. The summed E-state index contributed by atoms with van der Waals surface area (Å²) in [6.45, 7) is 2.53. The van der Waals surface area contributed by atoms with E-state index in [1.807, 2.05) is 55.4 Å². The number of carbonyl (C=O) groups excluding carboxylic acids is 3. The lowest BCUT2D eigenvalue weighted by molar-refractivity contribution is -0.135. The van der Waals surface area contributed by atoms with Crippen molar-refractivity contribution in [2.24, 2.45) is 0 Å². The molecule has 0 unspecified atom stereocenters. The van der Waals surface area contributed by atoms with Crippen molar-refractivity contribution in [1.29, 1.82) is 0 Å². The van der Waals surface area contributed by atoms with Crippen LogP contribution in [0.5, 0.6) is 0 Å². The van der Waals surface area contributed by atoms with E-state index in [1.54, 1.807) is 23.1 Å². The summed E-state index contributed by atoms with van der Waals surface area (Å²) in [6, 6.07) is 16.7. The first-order valence-corrected chi connectivity index (χ1v) is 10.0. The summed E-state index contributed by atoms with van der Waals surface area (Å²) in [5.41, 5.74) is 6.62. The van der Waals surface area contributed by atoms with Crippen LogP contribution in [-0.4, -0.2) is 49.8 Å². The van der Waals surface area contributed by atoms with Crippen LogP contribution in [0.15, 0.2) is 54.6 Å². The molecule has 1 heterocycles. The first-order chi connectivity index (χ1) is 14.3. The zero-order valence-electron chi connectivity index (χ0n) is 17.6. The van der Waals surface area contributed by atoms with Gasteiger partial charge in [-0.2, -0.15) is 0 Å². The van der Waals surface area contributed by atoms with Crippen LogP contribution in [-0.2, 0) is 15.0 Å². The standard InChI is InChI=1S/C23H28N4O3/c1-17(28)27-14-12-23(13-15-27,19-9-5-4-6-10-19)22(30)25-24-21(29)18-8-7-11-20(16-18)26(2)3/h4-11,16H,12-15H2,1-3H3,(H,24,29)(H,25,30). The van der Waals surface area contributed by atoms with Gasteiger partial charge in [0.25, 0.3) is 5.91 Å². The van der Waals surface area contributed by atoms with Crippen molar-refractivity contribution >= 4 is 23.4 Å². The van der Waals surface area contributed by atoms with Gasteiger partial charge in [0, 0.05) is 45.4 Å². The number of piperidine rings is 1. The molecule has 30 heavy (non-hydrogen) atoms. The van der Waals surface area contributed by atoms with Gasteiger partial charge in [0.05, 0.1) is 5.41 Å². The first kappa shape index (κ1) is 21.4. The molecule has 0 saturated carbocycles. The molecule has 7 heteroatoms. The Balaban J connectivity index is 1.75. The molecule has 1 fully saturated rings. The number of hydrazine groups is 1. The first-order valence-electron chi connectivity index (χ1n) is 10.0. The second-order valence-electron chi connectivity index (χ2n) is 7.81. The number of anilines is 1. The van der Waals surface area contributed by atoms with E-state index in [-0.39, 0.29) is 17.7 Å². The Bertz CT molecular complexity index is 919. The number of likely N-dealkylation sites (tertiary alicyclic amines) is 1. The summed E-state index contributed by atoms with van der Waals surface area (Å²) in [6.07, 6.45) is 0.989. The molecule has 0 atom stereocenters. The highest BCUT2D eigenvalue weighted by Crippen LogP contribution is 2.35. The fraction of sp³-hybridized carbons (Fsp3) is 0.348. The minimum atomic E-state index is -0.800. The van der Waals surface area contributed by atoms with Crippen molar-refractivity contribution in [1.82, 2.24) is 15.8 Å². The number of nitrogens with one attached hydrogen (secondary N) is 2. The average molecular weight is 409 g/mol. The third kappa shape index (κ3) is 4.45. The van der Waals surface area contributed by atoms with Crippen molar-refractivity contribution in [2.75, 3.05) is 32.1 Å². The number of hydrogen-bond acceptors (Lipinski definition) is 4. The summed E-state index contributed by atoms with van der Waals surface area (Å²) >= 11 is 0. The quantitative estimate of drug-likeness (QED) is 0.759. The van der Waals surface area contributed by atoms with Crippen LogP contribution in [0.2, 0.25) is 0 Å². The maximum Gasteiger partial charge on any atom is 0.269 e. The molecule has 0 spiro atoms. The van der Waals surface area contributed by atoms with E-state index in [2.05, 4.69) is 10.9 Å². The number of nitrogens with zero attached hydrogens (tertiary/aromatic N) is 2. The van der Waals surface area contributed by atoms with Gasteiger partial charge in [-0.25, -0.2) is 0 Å². The second kappa shape index (κ2) is 8.98. The fourth-order valence-corrected chi connectivity index (χ4v) is 3.84. The molecule has 3 rings (SSSR count). The maximum absolute atomic E-state index is 13.3. The number of amides is 3. The van der Waals surface area contributed by atoms with E-state index >= 15 is 0 Å². The summed E-state index contributed by atoms with van der Waals surface area (Å²) < 4.78 is 0. The Morgan fingerprint density at radius 2 is 1.60 bits per heavy atom. The van der Waals surface area contributed by atoms with Crippen LogP contribution in [0, 0.1) is 0 Å². The molecule has 2 aromatic rings. The topological polar surface area (TPSA) is 81.8 Å². The highest BCUT2D eigenvalue weighted by atomic mass is 16.2. The Hall–Kier alpha value is -3.35. The van der Waals surface area contributed by atoms with E-state index in [4.69, 9.17) is 0 Å².